The summed E-state index contributed by atoms with van der Waals surface area (Å²) in [5, 5.41) is 8.62. The van der Waals surface area contributed by atoms with Gasteiger partial charge in [-0.15, -0.1) is 0 Å². The lowest BCUT2D eigenvalue weighted by Crippen LogP contribution is -2.56. The highest BCUT2D eigenvalue weighted by molar-refractivity contribution is 5.88. The van der Waals surface area contributed by atoms with Gasteiger partial charge in [0.25, 0.3) is 0 Å². The Morgan fingerprint density at radius 2 is 1.48 bits per heavy atom. The summed E-state index contributed by atoms with van der Waals surface area (Å²) in [5.41, 5.74) is 1.25. The number of carbonyl (C=O) groups excluding carboxylic acids is 4. The van der Waals surface area contributed by atoms with Crippen LogP contribution in [0.1, 0.15) is 70.9 Å². The number of hydrogen-bond donors (Lipinski definition) is 3. The van der Waals surface area contributed by atoms with E-state index in [4.69, 9.17) is 18.9 Å². The molecule has 12 heteroatoms. The lowest BCUT2D eigenvalue weighted by atomic mass is 10.1. The minimum absolute atomic E-state index is 0.132. The molecular formula is C36H52N4O8. The molecule has 0 unspecified atom stereocenters. The van der Waals surface area contributed by atoms with E-state index < -0.39 is 41.9 Å². The zero-order valence-electron chi connectivity index (χ0n) is 28.9. The number of alkyl carbamates (subject to hydrolysis) is 2. The average molecular weight is 669 g/mol. The van der Waals surface area contributed by atoms with Crippen LogP contribution in [0.25, 0.3) is 0 Å². The Morgan fingerprint density at radius 1 is 0.875 bits per heavy atom. The van der Waals surface area contributed by atoms with Gasteiger partial charge in [-0.3, -0.25) is 9.69 Å². The van der Waals surface area contributed by atoms with Crippen molar-refractivity contribution < 1.29 is 38.1 Å². The molecule has 0 radical (unpaired) electrons. The van der Waals surface area contributed by atoms with Gasteiger partial charge < -0.3 is 34.9 Å². The van der Waals surface area contributed by atoms with Crippen molar-refractivity contribution in [1.82, 2.24) is 20.9 Å². The molecule has 1 heterocycles. The van der Waals surface area contributed by atoms with Gasteiger partial charge in [0, 0.05) is 19.1 Å². The summed E-state index contributed by atoms with van der Waals surface area (Å²) in [5.74, 6) is -0.876. The van der Waals surface area contributed by atoms with E-state index in [1.165, 1.54) is 7.11 Å². The van der Waals surface area contributed by atoms with E-state index in [0.29, 0.717) is 45.3 Å². The van der Waals surface area contributed by atoms with E-state index in [2.05, 4.69) is 16.0 Å². The second-order valence-electron chi connectivity index (χ2n) is 13.0. The highest BCUT2D eigenvalue weighted by Gasteiger charge is 2.37. The Bertz CT molecular complexity index is 1290. The summed E-state index contributed by atoms with van der Waals surface area (Å²) in [4.78, 5) is 53.2. The first kappa shape index (κ1) is 38.3. The van der Waals surface area contributed by atoms with Gasteiger partial charge >= 0.3 is 18.2 Å². The number of esters is 1. The van der Waals surface area contributed by atoms with Gasteiger partial charge in [-0.1, -0.05) is 60.7 Å². The van der Waals surface area contributed by atoms with Gasteiger partial charge in [0.1, 0.15) is 13.2 Å². The third-order valence-electron chi connectivity index (χ3n) is 7.88. The number of benzene rings is 2. The zero-order valence-corrected chi connectivity index (χ0v) is 28.9. The molecule has 1 aliphatic rings. The number of methoxy groups -OCH3 is 1. The monoisotopic (exact) mass is 668 g/mol. The molecule has 0 bridgehead atoms. The molecule has 0 saturated carbocycles. The molecule has 3 amide bonds. The SMILES string of the molecule is COC(=O)[C@@H](NC(=O)[C@H]1CCCN1C[C@H](CCCCNC(=O)OCc1ccccc1)NC(=O)OCc1ccccc1)[C@@H](C)OC(C)(C)C. The first-order chi connectivity index (χ1) is 22.9. The fourth-order valence-corrected chi connectivity index (χ4v) is 5.62. The second kappa shape index (κ2) is 19.6. The van der Waals surface area contributed by atoms with Crippen molar-refractivity contribution in [2.75, 3.05) is 26.7 Å². The molecule has 12 nitrogen and oxygen atoms in total. The number of nitrogens with one attached hydrogen (secondary N) is 3. The predicted molar refractivity (Wildman–Crippen MR) is 181 cm³/mol. The van der Waals surface area contributed by atoms with Crippen LogP contribution in [0, 0.1) is 0 Å². The number of unbranched alkanes of at least 4 members (excludes halogenated alkanes) is 1. The van der Waals surface area contributed by atoms with E-state index in [1.807, 2.05) is 86.3 Å². The number of likely N-dealkylation sites (tertiary alicyclic amines) is 1. The van der Waals surface area contributed by atoms with Gasteiger partial charge in [-0.05, 0) is 77.5 Å². The highest BCUT2D eigenvalue weighted by atomic mass is 16.6. The number of ether oxygens (including phenoxy) is 4. The molecule has 0 spiro atoms. The van der Waals surface area contributed by atoms with Crippen molar-refractivity contribution in [2.45, 2.75) is 103 Å². The fourth-order valence-electron chi connectivity index (χ4n) is 5.62. The van der Waals surface area contributed by atoms with E-state index >= 15 is 0 Å². The van der Waals surface area contributed by atoms with Crippen LogP contribution in [0.3, 0.4) is 0 Å². The van der Waals surface area contributed by atoms with Crippen molar-refractivity contribution in [2.24, 2.45) is 0 Å². The molecule has 2 aromatic rings. The van der Waals surface area contributed by atoms with Crippen molar-refractivity contribution in [3.05, 3.63) is 71.8 Å². The number of amides is 3. The molecule has 1 fully saturated rings. The number of rotatable bonds is 17. The molecule has 3 N–H and O–H groups in total. The van der Waals surface area contributed by atoms with E-state index in [9.17, 15) is 19.2 Å². The molecule has 2 aromatic carbocycles. The van der Waals surface area contributed by atoms with Crippen LogP contribution in [0.5, 0.6) is 0 Å². The largest absolute Gasteiger partial charge is 0.467 e. The lowest BCUT2D eigenvalue weighted by molar-refractivity contribution is -0.154. The van der Waals surface area contributed by atoms with Gasteiger partial charge in [-0.2, -0.15) is 0 Å². The maximum absolute atomic E-state index is 13.5. The maximum Gasteiger partial charge on any atom is 0.407 e. The smallest absolute Gasteiger partial charge is 0.407 e. The fraction of sp³-hybridized carbons (Fsp3) is 0.556. The molecule has 0 aromatic heterocycles. The summed E-state index contributed by atoms with van der Waals surface area (Å²) in [6.07, 6.45) is 1.68. The third-order valence-corrected chi connectivity index (χ3v) is 7.88. The van der Waals surface area contributed by atoms with Crippen molar-refractivity contribution in [1.29, 1.82) is 0 Å². The summed E-state index contributed by atoms with van der Waals surface area (Å²) in [7, 11) is 1.28. The van der Waals surface area contributed by atoms with Gasteiger partial charge in [0.05, 0.1) is 24.9 Å². The third kappa shape index (κ3) is 13.9. The molecular weight excluding hydrogens is 616 g/mol. The Kier molecular flexibility index (Phi) is 15.6. The Hall–Kier alpha value is -4.16. The van der Waals surface area contributed by atoms with Gasteiger partial charge in [-0.25, -0.2) is 14.4 Å². The number of nitrogens with zero attached hydrogens (tertiary/aromatic N) is 1. The maximum atomic E-state index is 13.5. The number of hydrogen-bond acceptors (Lipinski definition) is 9. The van der Waals surface area contributed by atoms with Crippen molar-refractivity contribution in [3.8, 4) is 0 Å². The van der Waals surface area contributed by atoms with Crippen molar-refractivity contribution >= 4 is 24.1 Å². The minimum Gasteiger partial charge on any atom is -0.467 e. The summed E-state index contributed by atoms with van der Waals surface area (Å²) in [6, 6.07) is 17.1. The van der Waals surface area contributed by atoms with Crippen LogP contribution in [0.4, 0.5) is 9.59 Å². The zero-order chi connectivity index (χ0) is 34.9. The van der Waals surface area contributed by atoms with Gasteiger partial charge in [0.2, 0.25) is 5.91 Å². The van der Waals surface area contributed by atoms with E-state index in [0.717, 1.165) is 17.5 Å². The molecule has 1 saturated heterocycles. The lowest BCUT2D eigenvalue weighted by Gasteiger charge is -2.32. The first-order valence-electron chi connectivity index (χ1n) is 16.7. The normalized spacial score (nSPS) is 16.6. The molecule has 4 atom stereocenters. The standard InChI is InChI=1S/C36H52N4O8/c1-26(48-36(2,3)4)31(33(42)45-5)39-32(41)30-20-14-22-40(30)23-29(38-35(44)47-25-28-17-10-7-11-18-28)19-12-13-21-37-34(43)46-24-27-15-8-6-9-16-27/h6-11,15-18,26,29-31H,12-14,19-25H2,1-5H3,(H,37,43)(H,38,44)(H,39,41)/t26-,29+,30-,31+/m1/s1. The van der Waals surface area contributed by atoms with Gasteiger partial charge in [0.15, 0.2) is 6.04 Å². The van der Waals surface area contributed by atoms with E-state index in [-0.39, 0.29) is 25.2 Å². The van der Waals surface area contributed by atoms with Crippen LogP contribution in [0.2, 0.25) is 0 Å². The molecule has 264 valence electrons. The Labute approximate surface area is 284 Å². The second-order valence-corrected chi connectivity index (χ2v) is 13.0. The summed E-state index contributed by atoms with van der Waals surface area (Å²) in [6.45, 7) is 9.17. The predicted octanol–water partition coefficient (Wildman–Crippen LogP) is 4.70. The van der Waals surface area contributed by atoms with Crippen LogP contribution in [0.15, 0.2) is 60.7 Å². The average Bonchev–Trinajstić information content (AvgIpc) is 3.53. The molecule has 0 aliphatic carbocycles. The first-order valence-corrected chi connectivity index (χ1v) is 16.7. The number of carbonyl (C=O) groups is 4. The Morgan fingerprint density at radius 3 is 2.06 bits per heavy atom. The minimum atomic E-state index is -0.974. The van der Waals surface area contributed by atoms with Crippen LogP contribution >= 0.6 is 0 Å². The molecule has 3 rings (SSSR count). The van der Waals surface area contributed by atoms with Crippen LogP contribution < -0.4 is 16.0 Å². The van der Waals surface area contributed by atoms with E-state index in [1.54, 1.807) is 6.92 Å². The summed E-state index contributed by atoms with van der Waals surface area (Å²) < 4.78 is 21.7. The Balaban J connectivity index is 1.57. The highest BCUT2D eigenvalue weighted by Crippen LogP contribution is 2.21. The summed E-state index contributed by atoms with van der Waals surface area (Å²) >= 11 is 0. The van der Waals surface area contributed by atoms with Crippen LogP contribution in [-0.2, 0) is 41.8 Å². The van der Waals surface area contributed by atoms with Crippen molar-refractivity contribution in [3.63, 3.8) is 0 Å². The molecule has 48 heavy (non-hydrogen) atoms. The quantitative estimate of drug-likeness (QED) is 0.124. The topological polar surface area (TPSA) is 145 Å². The molecule has 1 aliphatic heterocycles. The van der Waals surface area contributed by atoms with Crippen LogP contribution in [-0.4, -0.2) is 85.5 Å².